The van der Waals surface area contributed by atoms with Gasteiger partial charge in [0.05, 0.1) is 18.6 Å². The zero-order valence-corrected chi connectivity index (χ0v) is 17.0. The highest BCUT2D eigenvalue weighted by Crippen LogP contribution is 2.46. The van der Waals surface area contributed by atoms with Crippen molar-refractivity contribution in [1.29, 1.82) is 0 Å². The van der Waals surface area contributed by atoms with Gasteiger partial charge in [0.25, 0.3) is 5.91 Å². The molecule has 2 aliphatic heterocycles. The number of carbonyl (C=O) groups is 2. The van der Waals surface area contributed by atoms with Gasteiger partial charge < -0.3 is 19.5 Å². The van der Waals surface area contributed by atoms with Gasteiger partial charge in [0.2, 0.25) is 5.91 Å². The van der Waals surface area contributed by atoms with Crippen LogP contribution in [0.2, 0.25) is 0 Å². The Morgan fingerprint density at radius 2 is 1.90 bits per heavy atom. The molecule has 0 saturated carbocycles. The van der Waals surface area contributed by atoms with Crippen LogP contribution in [-0.2, 0) is 16.0 Å². The third kappa shape index (κ3) is 4.08. The fourth-order valence-electron chi connectivity index (χ4n) is 4.91. The third-order valence-corrected chi connectivity index (χ3v) is 6.52. The first-order valence-corrected chi connectivity index (χ1v) is 10.3. The molecule has 4 rings (SSSR count). The molecule has 29 heavy (non-hydrogen) atoms. The molecular formula is C23H29N3O3. The largest absolute Gasteiger partial charge is 0.384 e. The van der Waals surface area contributed by atoms with E-state index in [1.807, 2.05) is 21.9 Å². The molecule has 6 heteroatoms. The molecule has 2 aliphatic rings. The minimum atomic E-state index is -0.0372. The Balaban J connectivity index is 1.50. The summed E-state index contributed by atoms with van der Waals surface area (Å²) < 4.78 is 5.08. The second kappa shape index (κ2) is 8.41. The first kappa shape index (κ1) is 19.7. The maximum atomic E-state index is 12.9. The van der Waals surface area contributed by atoms with Crippen molar-refractivity contribution in [2.75, 3.05) is 39.9 Å². The molecule has 3 heterocycles. The topological polar surface area (TPSA) is 65.6 Å². The van der Waals surface area contributed by atoms with Gasteiger partial charge >= 0.3 is 0 Å². The van der Waals surface area contributed by atoms with E-state index in [1.165, 1.54) is 5.56 Å². The Labute approximate surface area is 171 Å². The molecule has 2 aromatic rings. The first-order chi connectivity index (χ1) is 14.1. The Bertz CT molecular complexity index is 836. The van der Waals surface area contributed by atoms with Gasteiger partial charge in [-0.05, 0) is 24.5 Å². The lowest BCUT2D eigenvalue weighted by atomic mass is 9.76. The van der Waals surface area contributed by atoms with Crippen LogP contribution in [-0.4, -0.2) is 66.5 Å². The number of ether oxygens (including phenoxy) is 1. The summed E-state index contributed by atoms with van der Waals surface area (Å²) in [5.74, 6) is 0.557. The number of aryl methyl sites for hydroxylation is 1. The summed E-state index contributed by atoms with van der Waals surface area (Å²) >= 11 is 0. The van der Waals surface area contributed by atoms with E-state index in [4.69, 9.17) is 4.74 Å². The number of nitrogens with one attached hydrogen (secondary N) is 1. The van der Waals surface area contributed by atoms with Gasteiger partial charge in [-0.25, -0.2) is 0 Å². The summed E-state index contributed by atoms with van der Waals surface area (Å²) in [6.45, 7) is 3.34. The zero-order valence-electron chi connectivity index (χ0n) is 17.0. The molecule has 0 aliphatic carbocycles. The van der Waals surface area contributed by atoms with Crippen LogP contribution >= 0.6 is 0 Å². The highest BCUT2D eigenvalue weighted by molar-refractivity contribution is 5.94. The highest BCUT2D eigenvalue weighted by atomic mass is 16.5. The van der Waals surface area contributed by atoms with E-state index in [0.29, 0.717) is 37.6 Å². The van der Waals surface area contributed by atoms with E-state index in [2.05, 4.69) is 29.2 Å². The second-order valence-electron chi connectivity index (χ2n) is 8.35. The van der Waals surface area contributed by atoms with Gasteiger partial charge in [-0.1, -0.05) is 30.3 Å². The quantitative estimate of drug-likeness (QED) is 0.784. The zero-order chi connectivity index (χ0) is 20.3. The predicted molar refractivity (Wildman–Crippen MR) is 110 cm³/mol. The predicted octanol–water partition coefficient (Wildman–Crippen LogP) is 2.58. The molecule has 1 N–H and O–H groups in total. The number of carbonyl (C=O) groups excluding carboxylic acids is 2. The average Bonchev–Trinajstić information content (AvgIpc) is 3.45. The summed E-state index contributed by atoms with van der Waals surface area (Å²) in [4.78, 5) is 32.5. The van der Waals surface area contributed by atoms with Crippen molar-refractivity contribution < 1.29 is 14.3 Å². The van der Waals surface area contributed by atoms with Gasteiger partial charge in [0.1, 0.15) is 0 Å². The number of hydrogen-bond donors (Lipinski definition) is 1. The summed E-state index contributed by atoms with van der Waals surface area (Å²) in [5, 5.41) is 0. The Morgan fingerprint density at radius 1 is 1.14 bits per heavy atom. The third-order valence-electron chi connectivity index (χ3n) is 6.52. The monoisotopic (exact) mass is 395 g/mol. The van der Waals surface area contributed by atoms with Gasteiger partial charge in [-0.15, -0.1) is 0 Å². The Hall–Kier alpha value is -2.60. The molecule has 154 valence electrons. The lowest BCUT2D eigenvalue weighted by molar-refractivity contribution is -0.131. The first-order valence-electron chi connectivity index (χ1n) is 10.3. The number of H-pyrrole nitrogens is 1. The maximum absolute atomic E-state index is 12.9. The van der Waals surface area contributed by atoms with Gasteiger partial charge in [0.15, 0.2) is 0 Å². The molecule has 0 radical (unpaired) electrons. The molecule has 2 fully saturated rings. The molecule has 0 spiro atoms. The number of hydrogen-bond acceptors (Lipinski definition) is 3. The molecule has 1 aromatic heterocycles. The van der Waals surface area contributed by atoms with E-state index in [1.54, 1.807) is 19.5 Å². The van der Waals surface area contributed by atoms with Crippen LogP contribution in [0.5, 0.6) is 0 Å². The smallest absolute Gasteiger partial charge is 0.255 e. The fourth-order valence-corrected chi connectivity index (χ4v) is 4.91. The minimum Gasteiger partial charge on any atom is -0.384 e. The van der Waals surface area contributed by atoms with Crippen LogP contribution in [0.25, 0.3) is 0 Å². The van der Waals surface area contributed by atoms with E-state index in [-0.39, 0.29) is 17.2 Å². The van der Waals surface area contributed by atoms with Crippen molar-refractivity contribution in [2.24, 2.45) is 11.3 Å². The van der Waals surface area contributed by atoms with Crippen LogP contribution < -0.4 is 0 Å². The fraction of sp³-hybridized carbons (Fsp3) is 0.478. The highest BCUT2D eigenvalue weighted by Gasteiger charge is 2.53. The number of methoxy groups -OCH3 is 1. The molecule has 2 amide bonds. The molecular weight excluding hydrogens is 366 g/mol. The molecule has 0 bridgehead atoms. The van der Waals surface area contributed by atoms with Crippen LogP contribution in [0.1, 0.15) is 28.8 Å². The van der Waals surface area contributed by atoms with Gasteiger partial charge in [-0.3, -0.25) is 9.59 Å². The standard InChI is InChI=1S/C23H29N3O3/c1-29-12-9-21(27)25-14-20-15-26(22(28)19-8-11-24-13-19)17-23(20,16-25)10-7-18-5-3-2-4-6-18/h2-6,8,11,13,20,24H,7,9-10,12,14-17H2,1H3. The number of amides is 2. The van der Waals surface area contributed by atoms with Crippen LogP contribution in [0.4, 0.5) is 0 Å². The van der Waals surface area contributed by atoms with E-state index < -0.39 is 0 Å². The van der Waals surface area contributed by atoms with Crippen molar-refractivity contribution in [1.82, 2.24) is 14.8 Å². The van der Waals surface area contributed by atoms with Crippen molar-refractivity contribution in [3.05, 3.63) is 59.9 Å². The molecule has 2 atom stereocenters. The van der Waals surface area contributed by atoms with E-state index in [0.717, 1.165) is 25.9 Å². The van der Waals surface area contributed by atoms with Crippen molar-refractivity contribution >= 4 is 11.8 Å². The lowest BCUT2D eigenvalue weighted by Gasteiger charge is -2.29. The SMILES string of the molecule is COCCC(=O)N1CC2CN(C(=O)c3cc[nH]c3)CC2(CCc2ccccc2)C1. The number of fused-ring (bicyclic) bond motifs is 1. The number of nitrogens with zero attached hydrogens (tertiary/aromatic N) is 2. The minimum absolute atomic E-state index is 0.0372. The Morgan fingerprint density at radius 3 is 2.62 bits per heavy atom. The van der Waals surface area contributed by atoms with E-state index >= 15 is 0 Å². The summed E-state index contributed by atoms with van der Waals surface area (Å²) in [5.41, 5.74) is 1.97. The summed E-state index contributed by atoms with van der Waals surface area (Å²) in [6.07, 6.45) is 5.90. The molecule has 2 unspecified atom stereocenters. The molecule has 1 aromatic carbocycles. The number of likely N-dealkylation sites (tertiary alicyclic amines) is 2. The van der Waals surface area contributed by atoms with Gasteiger partial charge in [-0.2, -0.15) is 0 Å². The summed E-state index contributed by atoms with van der Waals surface area (Å²) in [6, 6.07) is 12.3. The maximum Gasteiger partial charge on any atom is 0.255 e. The van der Waals surface area contributed by atoms with Crippen molar-refractivity contribution in [2.45, 2.75) is 19.3 Å². The normalized spacial score (nSPS) is 23.4. The number of aromatic amines is 1. The lowest BCUT2D eigenvalue weighted by Crippen LogP contribution is -2.39. The molecule has 6 nitrogen and oxygen atoms in total. The number of benzene rings is 1. The van der Waals surface area contributed by atoms with Gasteiger partial charge in [0, 0.05) is 57.0 Å². The van der Waals surface area contributed by atoms with Crippen molar-refractivity contribution in [3.8, 4) is 0 Å². The summed E-state index contributed by atoms with van der Waals surface area (Å²) in [7, 11) is 1.62. The van der Waals surface area contributed by atoms with E-state index in [9.17, 15) is 9.59 Å². The second-order valence-corrected chi connectivity index (χ2v) is 8.35. The number of aromatic nitrogens is 1. The number of rotatable bonds is 7. The molecule has 2 saturated heterocycles. The van der Waals surface area contributed by atoms with Crippen LogP contribution in [0, 0.1) is 11.3 Å². The Kier molecular flexibility index (Phi) is 5.72. The van der Waals surface area contributed by atoms with Crippen LogP contribution in [0.3, 0.4) is 0 Å². The average molecular weight is 396 g/mol. The van der Waals surface area contributed by atoms with Crippen LogP contribution in [0.15, 0.2) is 48.8 Å². The van der Waals surface area contributed by atoms with Crippen molar-refractivity contribution in [3.63, 3.8) is 0 Å².